The molecule has 2 N–H and O–H groups in total. The van der Waals surface area contributed by atoms with E-state index in [1.165, 1.54) is 0 Å². The SMILES string of the molecule is CCC(O)/C(Cl)=C/c1ccccc1O. The molecule has 1 aromatic carbocycles. The van der Waals surface area contributed by atoms with Gasteiger partial charge in [-0.1, -0.05) is 36.7 Å². The molecule has 14 heavy (non-hydrogen) atoms. The summed E-state index contributed by atoms with van der Waals surface area (Å²) in [6, 6.07) is 6.85. The number of halogens is 1. The quantitative estimate of drug-likeness (QED) is 0.809. The fourth-order valence-electron chi connectivity index (χ4n) is 1.05. The molecule has 1 aromatic rings. The van der Waals surface area contributed by atoms with Gasteiger partial charge in [-0.25, -0.2) is 0 Å². The standard InChI is InChI=1S/C11H13ClO2/c1-2-10(13)9(12)7-8-5-3-4-6-11(8)14/h3-7,10,13-14H,2H2,1H3/b9-7-. The predicted molar refractivity (Wildman–Crippen MR) is 58.2 cm³/mol. The van der Waals surface area contributed by atoms with Crippen LogP contribution in [0.1, 0.15) is 18.9 Å². The molecule has 0 aliphatic rings. The van der Waals surface area contributed by atoms with Gasteiger partial charge in [-0.2, -0.15) is 0 Å². The highest BCUT2D eigenvalue weighted by atomic mass is 35.5. The molecule has 1 unspecified atom stereocenters. The van der Waals surface area contributed by atoms with Crippen molar-refractivity contribution in [3.8, 4) is 5.75 Å². The third-order valence-electron chi connectivity index (χ3n) is 1.94. The summed E-state index contributed by atoms with van der Waals surface area (Å²) in [7, 11) is 0. The third-order valence-corrected chi connectivity index (χ3v) is 2.30. The third kappa shape index (κ3) is 2.76. The fourth-order valence-corrected chi connectivity index (χ4v) is 1.32. The first-order valence-corrected chi connectivity index (χ1v) is 4.86. The maximum absolute atomic E-state index is 9.43. The van der Waals surface area contributed by atoms with Gasteiger partial charge < -0.3 is 10.2 Å². The van der Waals surface area contributed by atoms with Crippen LogP contribution in [-0.4, -0.2) is 16.3 Å². The van der Waals surface area contributed by atoms with Gasteiger partial charge in [0.1, 0.15) is 5.75 Å². The van der Waals surface area contributed by atoms with Gasteiger partial charge in [0.2, 0.25) is 0 Å². The number of para-hydroxylation sites is 1. The molecule has 0 radical (unpaired) electrons. The number of aromatic hydroxyl groups is 1. The van der Waals surface area contributed by atoms with Crippen molar-refractivity contribution in [2.75, 3.05) is 0 Å². The second-order valence-electron chi connectivity index (χ2n) is 3.01. The highest BCUT2D eigenvalue weighted by Gasteiger charge is 2.06. The maximum atomic E-state index is 9.43. The van der Waals surface area contributed by atoms with Crippen molar-refractivity contribution in [2.24, 2.45) is 0 Å². The average molecular weight is 213 g/mol. The Kier molecular flexibility index (Phi) is 3.98. The molecule has 0 aliphatic heterocycles. The molecule has 76 valence electrons. The maximum Gasteiger partial charge on any atom is 0.122 e. The van der Waals surface area contributed by atoms with Crippen molar-refractivity contribution in [1.29, 1.82) is 0 Å². The molecule has 0 aliphatic carbocycles. The van der Waals surface area contributed by atoms with Crippen molar-refractivity contribution >= 4 is 17.7 Å². The van der Waals surface area contributed by atoms with Crippen molar-refractivity contribution in [2.45, 2.75) is 19.4 Å². The van der Waals surface area contributed by atoms with E-state index in [0.717, 1.165) is 0 Å². The Bertz CT molecular complexity index is 334. The van der Waals surface area contributed by atoms with Crippen LogP contribution in [0.4, 0.5) is 0 Å². The minimum atomic E-state index is -0.656. The largest absolute Gasteiger partial charge is 0.507 e. The Hall–Kier alpha value is -0.990. The van der Waals surface area contributed by atoms with Crippen LogP contribution in [0.3, 0.4) is 0 Å². The van der Waals surface area contributed by atoms with E-state index in [9.17, 15) is 10.2 Å². The monoisotopic (exact) mass is 212 g/mol. The van der Waals surface area contributed by atoms with Crippen LogP contribution in [0.5, 0.6) is 5.75 Å². The zero-order valence-corrected chi connectivity index (χ0v) is 8.70. The topological polar surface area (TPSA) is 40.5 Å². The first kappa shape index (κ1) is 11.1. The summed E-state index contributed by atoms with van der Waals surface area (Å²) in [5.41, 5.74) is 0.616. The summed E-state index contributed by atoms with van der Waals surface area (Å²) in [5.74, 6) is 0.161. The molecule has 0 spiro atoms. The van der Waals surface area contributed by atoms with Crippen molar-refractivity contribution < 1.29 is 10.2 Å². The molecule has 0 fully saturated rings. The lowest BCUT2D eigenvalue weighted by Crippen LogP contribution is -2.03. The Balaban J connectivity index is 2.91. The summed E-state index contributed by atoms with van der Waals surface area (Å²) in [4.78, 5) is 0. The van der Waals surface area contributed by atoms with Gasteiger partial charge in [-0.15, -0.1) is 0 Å². The van der Waals surface area contributed by atoms with E-state index in [4.69, 9.17) is 11.6 Å². The van der Waals surface area contributed by atoms with Crippen molar-refractivity contribution in [1.82, 2.24) is 0 Å². The lowest BCUT2D eigenvalue weighted by molar-refractivity contribution is 0.215. The lowest BCUT2D eigenvalue weighted by Gasteiger charge is -2.06. The van der Waals surface area contributed by atoms with Crippen LogP contribution in [0.15, 0.2) is 29.3 Å². The van der Waals surface area contributed by atoms with E-state index in [1.807, 2.05) is 6.92 Å². The van der Waals surface area contributed by atoms with Gasteiger partial charge in [0.15, 0.2) is 0 Å². The first-order chi connectivity index (χ1) is 6.65. The average Bonchev–Trinajstić information content (AvgIpc) is 2.20. The van der Waals surface area contributed by atoms with Crippen LogP contribution < -0.4 is 0 Å². The van der Waals surface area contributed by atoms with Gasteiger partial charge >= 0.3 is 0 Å². The molecule has 1 rings (SSSR count). The lowest BCUT2D eigenvalue weighted by atomic mass is 10.1. The molecule has 0 aromatic heterocycles. The van der Waals surface area contributed by atoms with Gasteiger partial charge in [0.05, 0.1) is 6.10 Å². The summed E-state index contributed by atoms with van der Waals surface area (Å²) in [5, 5.41) is 19.2. The predicted octanol–water partition coefficient (Wildman–Crippen LogP) is 2.74. The summed E-state index contributed by atoms with van der Waals surface area (Å²) >= 11 is 5.84. The highest BCUT2D eigenvalue weighted by Crippen LogP contribution is 2.22. The molecule has 0 saturated carbocycles. The molecule has 2 nitrogen and oxygen atoms in total. The van der Waals surface area contributed by atoms with Crippen molar-refractivity contribution in [3.05, 3.63) is 34.9 Å². The number of phenolic OH excluding ortho intramolecular Hbond substituents is 1. The molecule has 0 saturated heterocycles. The number of rotatable bonds is 3. The molecular formula is C11H13ClO2. The Morgan fingerprint density at radius 1 is 1.50 bits per heavy atom. The van der Waals surface area contributed by atoms with Crippen LogP contribution in [-0.2, 0) is 0 Å². The first-order valence-electron chi connectivity index (χ1n) is 4.48. The number of aliphatic hydroxyl groups excluding tert-OH is 1. The van der Waals surface area contributed by atoms with E-state index in [0.29, 0.717) is 17.0 Å². The summed E-state index contributed by atoms with van der Waals surface area (Å²) < 4.78 is 0. The molecule has 0 bridgehead atoms. The van der Waals surface area contributed by atoms with Gasteiger partial charge in [0, 0.05) is 10.6 Å². The van der Waals surface area contributed by atoms with Crippen LogP contribution in [0, 0.1) is 0 Å². The number of aliphatic hydroxyl groups is 1. The fraction of sp³-hybridized carbons (Fsp3) is 0.273. The van der Waals surface area contributed by atoms with Gasteiger partial charge in [0.25, 0.3) is 0 Å². The van der Waals surface area contributed by atoms with Crippen LogP contribution >= 0.6 is 11.6 Å². The molecule has 1 atom stereocenters. The zero-order chi connectivity index (χ0) is 10.6. The molecule has 3 heteroatoms. The van der Waals surface area contributed by atoms with Crippen LogP contribution in [0.2, 0.25) is 0 Å². The second kappa shape index (κ2) is 5.03. The van der Waals surface area contributed by atoms with E-state index >= 15 is 0 Å². The van der Waals surface area contributed by atoms with Crippen LogP contribution in [0.25, 0.3) is 6.08 Å². The zero-order valence-electron chi connectivity index (χ0n) is 7.94. The van der Waals surface area contributed by atoms with E-state index in [1.54, 1.807) is 30.3 Å². The Labute approximate surface area is 88.5 Å². The van der Waals surface area contributed by atoms with Crippen molar-refractivity contribution in [3.63, 3.8) is 0 Å². The summed E-state index contributed by atoms with van der Waals surface area (Å²) in [6.07, 6.45) is 1.48. The van der Waals surface area contributed by atoms with E-state index < -0.39 is 6.10 Å². The molecule has 0 heterocycles. The molecular weight excluding hydrogens is 200 g/mol. The van der Waals surface area contributed by atoms with Gasteiger partial charge in [-0.05, 0) is 18.6 Å². The summed E-state index contributed by atoms with van der Waals surface area (Å²) in [6.45, 7) is 1.84. The second-order valence-corrected chi connectivity index (χ2v) is 3.45. The Morgan fingerprint density at radius 2 is 2.14 bits per heavy atom. The van der Waals surface area contributed by atoms with Gasteiger partial charge in [-0.3, -0.25) is 0 Å². The van der Waals surface area contributed by atoms with E-state index in [-0.39, 0.29) is 5.75 Å². The van der Waals surface area contributed by atoms with E-state index in [2.05, 4.69) is 0 Å². The normalized spacial score (nSPS) is 14.1. The molecule has 0 amide bonds. The number of hydrogen-bond acceptors (Lipinski definition) is 2. The smallest absolute Gasteiger partial charge is 0.122 e. The number of benzene rings is 1. The minimum absolute atomic E-state index is 0.161. The minimum Gasteiger partial charge on any atom is -0.507 e. The number of phenols is 1. The highest BCUT2D eigenvalue weighted by molar-refractivity contribution is 6.32. The number of hydrogen-bond donors (Lipinski definition) is 2. The Morgan fingerprint density at radius 3 is 2.71 bits per heavy atom.